The fraction of sp³-hybridized carbons (Fsp3) is 0.100. The number of nitrogens with two attached hydrogens (primary N) is 1. The minimum absolute atomic E-state index is 0.334. The minimum atomic E-state index is -0.902. The molecular formula is C10H11NO2. The van der Waals surface area contributed by atoms with Gasteiger partial charge >= 0.3 is 5.97 Å². The average molecular weight is 177 g/mol. The van der Waals surface area contributed by atoms with E-state index in [1.165, 1.54) is 6.20 Å². The molecule has 1 rings (SSSR count). The standard InChI is InChI=1S/C10H11NO2/c11-7-3-5-8-4-1-2-6-9(8)10(12)13/h1-4,6-7H,5,11H2,(H,12,13). The smallest absolute Gasteiger partial charge is 0.335 e. The van der Waals surface area contributed by atoms with Crippen molar-refractivity contribution in [1.29, 1.82) is 0 Å². The van der Waals surface area contributed by atoms with Crippen molar-refractivity contribution in [2.24, 2.45) is 5.73 Å². The normalized spacial score (nSPS) is 10.5. The summed E-state index contributed by atoms with van der Waals surface area (Å²) < 4.78 is 0. The molecule has 68 valence electrons. The molecule has 1 aromatic carbocycles. The Bertz CT molecular complexity index is 331. The number of hydrogen-bond donors (Lipinski definition) is 2. The molecule has 0 aromatic heterocycles. The predicted octanol–water partition coefficient (Wildman–Crippen LogP) is 1.40. The van der Waals surface area contributed by atoms with Crippen molar-refractivity contribution >= 4 is 5.97 Å². The first-order valence-corrected chi connectivity index (χ1v) is 3.93. The van der Waals surface area contributed by atoms with E-state index in [0.717, 1.165) is 5.56 Å². The van der Waals surface area contributed by atoms with Crippen molar-refractivity contribution < 1.29 is 9.90 Å². The quantitative estimate of drug-likeness (QED) is 0.733. The Morgan fingerprint density at radius 2 is 2.15 bits per heavy atom. The number of hydrogen-bond acceptors (Lipinski definition) is 2. The molecule has 0 spiro atoms. The molecule has 0 atom stereocenters. The summed E-state index contributed by atoms with van der Waals surface area (Å²) in [4.78, 5) is 10.7. The van der Waals surface area contributed by atoms with Gasteiger partial charge in [0.25, 0.3) is 0 Å². The lowest BCUT2D eigenvalue weighted by molar-refractivity contribution is 0.0696. The van der Waals surface area contributed by atoms with Gasteiger partial charge in [0.2, 0.25) is 0 Å². The third-order valence-corrected chi connectivity index (χ3v) is 1.72. The fourth-order valence-electron chi connectivity index (χ4n) is 1.10. The molecule has 0 bridgehead atoms. The maximum absolute atomic E-state index is 10.7. The van der Waals surface area contributed by atoms with Gasteiger partial charge in [-0.15, -0.1) is 0 Å². The molecule has 0 fully saturated rings. The van der Waals surface area contributed by atoms with E-state index in [2.05, 4.69) is 0 Å². The van der Waals surface area contributed by atoms with Crippen LogP contribution in [-0.2, 0) is 6.42 Å². The van der Waals surface area contributed by atoms with Crippen LogP contribution in [-0.4, -0.2) is 11.1 Å². The number of allylic oxidation sites excluding steroid dienone is 1. The summed E-state index contributed by atoms with van der Waals surface area (Å²) in [6.07, 6.45) is 3.69. The first-order chi connectivity index (χ1) is 6.25. The van der Waals surface area contributed by atoms with Crippen LogP contribution in [0, 0.1) is 0 Å². The first kappa shape index (κ1) is 9.32. The minimum Gasteiger partial charge on any atom is -0.478 e. The number of rotatable bonds is 3. The van der Waals surface area contributed by atoms with Crippen LogP contribution in [0.25, 0.3) is 0 Å². The summed E-state index contributed by atoms with van der Waals surface area (Å²) in [6, 6.07) is 6.89. The van der Waals surface area contributed by atoms with Gasteiger partial charge in [-0.05, 0) is 24.3 Å². The molecule has 0 unspecified atom stereocenters. The van der Waals surface area contributed by atoms with Gasteiger partial charge in [-0.3, -0.25) is 0 Å². The Kier molecular flexibility index (Phi) is 3.09. The lowest BCUT2D eigenvalue weighted by Crippen LogP contribution is -2.01. The van der Waals surface area contributed by atoms with Gasteiger partial charge in [0, 0.05) is 0 Å². The van der Waals surface area contributed by atoms with Crippen LogP contribution in [0.2, 0.25) is 0 Å². The van der Waals surface area contributed by atoms with Crippen molar-refractivity contribution in [3.8, 4) is 0 Å². The number of carboxylic acid groups (broad SMARTS) is 1. The van der Waals surface area contributed by atoms with Crippen molar-refractivity contribution in [3.05, 3.63) is 47.7 Å². The molecule has 3 nitrogen and oxygen atoms in total. The van der Waals surface area contributed by atoms with Crippen molar-refractivity contribution in [1.82, 2.24) is 0 Å². The second kappa shape index (κ2) is 4.30. The lowest BCUT2D eigenvalue weighted by atomic mass is 10.1. The number of carboxylic acids is 1. The largest absolute Gasteiger partial charge is 0.478 e. The zero-order valence-corrected chi connectivity index (χ0v) is 7.10. The van der Waals surface area contributed by atoms with Crippen LogP contribution in [0.5, 0.6) is 0 Å². The molecule has 0 amide bonds. The highest BCUT2D eigenvalue weighted by atomic mass is 16.4. The molecule has 0 saturated heterocycles. The molecule has 1 aromatic rings. The van der Waals surface area contributed by atoms with Crippen LogP contribution in [0.1, 0.15) is 15.9 Å². The zero-order valence-electron chi connectivity index (χ0n) is 7.10. The van der Waals surface area contributed by atoms with Crippen molar-refractivity contribution in [2.75, 3.05) is 0 Å². The van der Waals surface area contributed by atoms with E-state index in [9.17, 15) is 4.79 Å². The van der Waals surface area contributed by atoms with E-state index in [0.29, 0.717) is 12.0 Å². The van der Waals surface area contributed by atoms with Crippen LogP contribution in [0.15, 0.2) is 36.5 Å². The van der Waals surface area contributed by atoms with Gasteiger partial charge < -0.3 is 10.8 Å². The van der Waals surface area contributed by atoms with Gasteiger partial charge in [-0.2, -0.15) is 0 Å². The molecular weight excluding hydrogens is 166 g/mol. The van der Waals surface area contributed by atoms with Gasteiger partial charge in [-0.1, -0.05) is 24.3 Å². The van der Waals surface area contributed by atoms with Gasteiger partial charge in [0.05, 0.1) is 5.56 Å². The average Bonchev–Trinajstić information content (AvgIpc) is 2.15. The fourth-order valence-corrected chi connectivity index (χ4v) is 1.10. The maximum Gasteiger partial charge on any atom is 0.335 e. The molecule has 13 heavy (non-hydrogen) atoms. The van der Waals surface area contributed by atoms with Crippen molar-refractivity contribution in [3.63, 3.8) is 0 Å². The third kappa shape index (κ3) is 2.33. The summed E-state index contributed by atoms with van der Waals surface area (Å²) >= 11 is 0. The third-order valence-electron chi connectivity index (χ3n) is 1.72. The topological polar surface area (TPSA) is 63.3 Å². The summed E-state index contributed by atoms with van der Waals surface area (Å²) in [7, 11) is 0. The molecule has 3 heteroatoms. The molecule has 3 N–H and O–H groups in total. The van der Waals surface area contributed by atoms with E-state index in [-0.39, 0.29) is 0 Å². The van der Waals surface area contributed by atoms with Gasteiger partial charge in [-0.25, -0.2) is 4.79 Å². The van der Waals surface area contributed by atoms with Gasteiger partial charge in [0.15, 0.2) is 0 Å². The summed E-state index contributed by atoms with van der Waals surface area (Å²) in [5.41, 5.74) is 6.28. The first-order valence-electron chi connectivity index (χ1n) is 3.93. The Hall–Kier alpha value is -1.77. The highest BCUT2D eigenvalue weighted by Gasteiger charge is 2.06. The van der Waals surface area contributed by atoms with Crippen LogP contribution in [0.3, 0.4) is 0 Å². The Morgan fingerprint density at radius 3 is 2.77 bits per heavy atom. The summed E-state index contributed by atoms with van der Waals surface area (Å²) in [5.74, 6) is -0.902. The zero-order chi connectivity index (χ0) is 9.68. The molecule has 0 radical (unpaired) electrons. The Balaban J connectivity index is 2.97. The van der Waals surface area contributed by atoms with Crippen LogP contribution in [0.4, 0.5) is 0 Å². The van der Waals surface area contributed by atoms with Crippen LogP contribution < -0.4 is 5.73 Å². The van der Waals surface area contributed by atoms with E-state index < -0.39 is 5.97 Å². The van der Waals surface area contributed by atoms with Gasteiger partial charge in [0.1, 0.15) is 0 Å². The maximum atomic E-state index is 10.7. The highest BCUT2D eigenvalue weighted by molar-refractivity contribution is 5.89. The molecule has 0 heterocycles. The van der Waals surface area contributed by atoms with Crippen LogP contribution >= 0.6 is 0 Å². The molecule has 0 saturated carbocycles. The summed E-state index contributed by atoms with van der Waals surface area (Å²) in [6.45, 7) is 0. The SMILES string of the molecule is NC=CCc1ccccc1C(=O)O. The van der Waals surface area contributed by atoms with E-state index >= 15 is 0 Å². The second-order valence-corrected chi connectivity index (χ2v) is 2.59. The van der Waals surface area contributed by atoms with E-state index in [4.69, 9.17) is 10.8 Å². The highest BCUT2D eigenvalue weighted by Crippen LogP contribution is 2.09. The lowest BCUT2D eigenvalue weighted by Gasteiger charge is -2.01. The van der Waals surface area contributed by atoms with E-state index in [1.54, 1.807) is 24.3 Å². The molecule has 0 aliphatic carbocycles. The van der Waals surface area contributed by atoms with Crippen molar-refractivity contribution in [2.45, 2.75) is 6.42 Å². The summed E-state index contributed by atoms with van der Waals surface area (Å²) in [5, 5.41) is 8.81. The number of benzene rings is 1. The molecule has 0 aliphatic heterocycles. The molecule has 0 aliphatic rings. The monoisotopic (exact) mass is 177 g/mol. The van der Waals surface area contributed by atoms with E-state index in [1.807, 2.05) is 6.07 Å². The number of carbonyl (C=O) groups is 1. The Morgan fingerprint density at radius 1 is 1.46 bits per heavy atom. The predicted molar refractivity (Wildman–Crippen MR) is 50.4 cm³/mol. The second-order valence-electron chi connectivity index (χ2n) is 2.59. The Labute approximate surface area is 76.5 Å². The number of aromatic carboxylic acids is 1.